The quantitative estimate of drug-likeness (QED) is 0.505. The first kappa shape index (κ1) is 19.8. The van der Waals surface area contributed by atoms with Gasteiger partial charge in [-0.05, 0) is 67.0 Å². The largest absolute Gasteiger partial charge is 0.298 e. The maximum absolute atomic E-state index is 5.05. The van der Waals surface area contributed by atoms with Crippen molar-refractivity contribution in [3.63, 3.8) is 0 Å². The SMILES string of the molecule is CCc1cccc(CC)c1-c1ccc(CN2CCC(c3ccccc3)C2)c(C)n1. The molecule has 1 aliphatic rings. The molecule has 0 radical (unpaired) electrons. The number of nitrogens with zero attached hydrogens (tertiary/aromatic N) is 2. The van der Waals surface area contributed by atoms with Gasteiger partial charge in [0, 0.05) is 24.3 Å². The van der Waals surface area contributed by atoms with Crippen LogP contribution in [0.2, 0.25) is 0 Å². The maximum atomic E-state index is 5.05. The van der Waals surface area contributed by atoms with Crippen molar-refractivity contribution in [3.05, 3.63) is 88.6 Å². The molecule has 1 aromatic heterocycles. The van der Waals surface area contributed by atoms with E-state index in [1.54, 1.807) is 0 Å². The van der Waals surface area contributed by atoms with Gasteiger partial charge in [0.25, 0.3) is 0 Å². The van der Waals surface area contributed by atoms with E-state index in [9.17, 15) is 0 Å². The highest BCUT2D eigenvalue weighted by atomic mass is 15.1. The van der Waals surface area contributed by atoms with Gasteiger partial charge in [0.2, 0.25) is 0 Å². The molecule has 1 unspecified atom stereocenters. The number of aromatic nitrogens is 1. The van der Waals surface area contributed by atoms with E-state index in [0.717, 1.165) is 31.6 Å². The highest BCUT2D eigenvalue weighted by Gasteiger charge is 2.24. The number of benzene rings is 2. The Morgan fingerprint density at radius 1 is 0.862 bits per heavy atom. The summed E-state index contributed by atoms with van der Waals surface area (Å²) in [6.45, 7) is 9.94. The molecule has 2 heteroatoms. The zero-order chi connectivity index (χ0) is 20.2. The average molecular weight is 385 g/mol. The lowest BCUT2D eigenvalue weighted by Crippen LogP contribution is -2.20. The summed E-state index contributed by atoms with van der Waals surface area (Å²) in [4.78, 5) is 7.64. The first-order chi connectivity index (χ1) is 14.2. The molecule has 4 rings (SSSR count). The van der Waals surface area contributed by atoms with Crippen LogP contribution in [0.4, 0.5) is 0 Å². The van der Waals surface area contributed by atoms with E-state index in [2.05, 4.69) is 86.3 Å². The molecule has 3 aromatic rings. The molecule has 0 bridgehead atoms. The van der Waals surface area contributed by atoms with Crippen LogP contribution < -0.4 is 0 Å². The van der Waals surface area contributed by atoms with Crippen molar-refractivity contribution >= 4 is 0 Å². The van der Waals surface area contributed by atoms with Crippen LogP contribution in [0.15, 0.2) is 60.7 Å². The number of likely N-dealkylation sites (tertiary alicyclic amines) is 1. The van der Waals surface area contributed by atoms with E-state index in [0.29, 0.717) is 5.92 Å². The lowest BCUT2D eigenvalue weighted by atomic mass is 9.94. The molecule has 0 saturated carbocycles. The van der Waals surface area contributed by atoms with Crippen LogP contribution in [-0.2, 0) is 19.4 Å². The monoisotopic (exact) mass is 384 g/mol. The molecule has 2 aromatic carbocycles. The molecule has 1 saturated heterocycles. The molecule has 0 aliphatic carbocycles. The van der Waals surface area contributed by atoms with E-state index in [1.165, 1.54) is 46.5 Å². The molecule has 1 atom stereocenters. The summed E-state index contributed by atoms with van der Waals surface area (Å²) in [5.41, 5.74) is 9.27. The van der Waals surface area contributed by atoms with Gasteiger partial charge in [-0.15, -0.1) is 0 Å². The fraction of sp³-hybridized carbons (Fsp3) is 0.370. The predicted octanol–water partition coefficient (Wildman–Crippen LogP) is 6.17. The van der Waals surface area contributed by atoms with Crippen molar-refractivity contribution in [2.45, 2.75) is 52.5 Å². The van der Waals surface area contributed by atoms with E-state index < -0.39 is 0 Å². The number of rotatable bonds is 6. The van der Waals surface area contributed by atoms with E-state index >= 15 is 0 Å². The topological polar surface area (TPSA) is 16.1 Å². The highest BCUT2D eigenvalue weighted by molar-refractivity contribution is 5.68. The molecule has 1 aliphatic heterocycles. The van der Waals surface area contributed by atoms with Gasteiger partial charge < -0.3 is 0 Å². The summed E-state index contributed by atoms with van der Waals surface area (Å²) < 4.78 is 0. The fourth-order valence-corrected chi connectivity index (χ4v) is 4.68. The first-order valence-electron chi connectivity index (χ1n) is 11.0. The summed E-state index contributed by atoms with van der Waals surface area (Å²) in [5, 5.41) is 0. The van der Waals surface area contributed by atoms with Crippen molar-refractivity contribution < 1.29 is 0 Å². The lowest BCUT2D eigenvalue weighted by molar-refractivity contribution is 0.325. The Bertz CT molecular complexity index is 939. The molecular formula is C27H32N2. The Morgan fingerprint density at radius 3 is 2.24 bits per heavy atom. The first-order valence-corrected chi connectivity index (χ1v) is 11.0. The van der Waals surface area contributed by atoms with Crippen molar-refractivity contribution in [2.75, 3.05) is 13.1 Å². The Morgan fingerprint density at radius 2 is 1.59 bits per heavy atom. The molecule has 150 valence electrons. The van der Waals surface area contributed by atoms with E-state index in [1.807, 2.05) is 0 Å². The smallest absolute Gasteiger partial charge is 0.0710 e. The summed E-state index contributed by atoms with van der Waals surface area (Å²) in [6.07, 6.45) is 3.33. The van der Waals surface area contributed by atoms with Gasteiger partial charge in [-0.25, -0.2) is 0 Å². The Hall–Kier alpha value is -2.45. The molecule has 29 heavy (non-hydrogen) atoms. The zero-order valence-corrected chi connectivity index (χ0v) is 18.0. The Kier molecular flexibility index (Phi) is 6.10. The lowest BCUT2D eigenvalue weighted by Gasteiger charge is -2.19. The molecular weight excluding hydrogens is 352 g/mol. The molecule has 2 heterocycles. The van der Waals surface area contributed by atoms with Crippen molar-refractivity contribution in [3.8, 4) is 11.3 Å². The summed E-state index contributed by atoms with van der Waals surface area (Å²) in [5.74, 6) is 0.660. The van der Waals surface area contributed by atoms with Crippen LogP contribution >= 0.6 is 0 Å². The molecule has 0 spiro atoms. The van der Waals surface area contributed by atoms with Gasteiger partial charge in [0.1, 0.15) is 0 Å². The van der Waals surface area contributed by atoms with Crippen LogP contribution in [0.3, 0.4) is 0 Å². The highest BCUT2D eigenvalue weighted by Crippen LogP contribution is 2.30. The minimum Gasteiger partial charge on any atom is -0.298 e. The van der Waals surface area contributed by atoms with Gasteiger partial charge in [-0.2, -0.15) is 0 Å². The summed E-state index contributed by atoms with van der Waals surface area (Å²) >= 11 is 0. The van der Waals surface area contributed by atoms with E-state index in [4.69, 9.17) is 4.98 Å². The van der Waals surface area contributed by atoms with Crippen LogP contribution in [0, 0.1) is 6.92 Å². The van der Waals surface area contributed by atoms with Gasteiger partial charge in [0.05, 0.1) is 5.69 Å². The Balaban J connectivity index is 1.52. The second-order valence-electron chi connectivity index (χ2n) is 8.23. The van der Waals surface area contributed by atoms with Gasteiger partial charge >= 0.3 is 0 Å². The van der Waals surface area contributed by atoms with Crippen LogP contribution in [0.1, 0.15) is 54.1 Å². The average Bonchev–Trinajstić information content (AvgIpc) is 3.24. The third-order valence-corrected chi connectivity index (χ3v) is 6.39. The summed E-state index contributed by atoms with van der Waals surface area (Å²) in [7, 11) is 0. The minimum absolute atomic E-state index is 0.660. The van der Waals surface area contributed by atoms with Crippen molar-refractivity contribution in [1.29, 1.82) is 0 Å². The normalized spacial score (nSPS) is 17.0. The standard InChI is InChI=1S/C27H32N2/c1-4-21-12-9-13-22(5-2)27(21)26-15-14-24(20(3)28-26)18-29-17-16-25(19-29)23-10-7-6-8-11-23/h6-15,25H,4-5,16-19H2,1-3H3. The summed E-state index contributed by atoms with van der Waals surface area (Å²) in [6, 6.07) is 22.2. The fourth-order valence-electron chi connectivity index (χ4n) is 4.68. The third-order valence-electron chi connectivity index (χ3n) is 6.39. The predicted molar refractivity (Wildman–Crippen MR) is 122 cm³/mol. The second-order valence-corrected chi connectivity index (χ2v) is 8.23. The maximum Gasteiger partial charge on any atom is 0.0710 e. The Labute approximate surface area is 175 Å². The number of hydrogen-bond donors (Lipinski definition) is 0. The van der Waals surface area contributed by atoms with E-state index in [-0.39, 0.29) is 0 Å². The van der Waals surface area contributed by atoms with Gasteiger partial charge in [0.15, 0.2) is 0 Å². The van der Waals surface area contributed by atoms with Crippen LogP contribution in [0.25, 0.3) is 11.3 Å². The molecule has 0 amide bonds. The van der Waals surface area contributed by atoms with Crippen LogP contribution in [0.5, 0.6) is 0 Å². The second kappa shape index (κ2) is 8.92. The molecule has 1 fully saturated rings. The zero-order valence-electron chi connectivity index (χ0n) is 18.0. The van der Waals surface area contributed by atoms with Crippen molar-refractivity contribution in [2.24, 2.45) is 0 Å². The number of aryl methyl sites for hydroxylation is 3. The minimum atomic E-state index is 0.660. The van der Waals surface area contributed by atoms with Gasteiger partial charge in [-0.1, -0.05) is 68.4 Å². The van der Waals surface area contributed by atoms with Gasteiger partial charge in [-0.3, -0.25) is 9.88 Å². The van der Waals surface area contributed by atoms with Crippen molar-refractivity contribution in [1.82, 2.24) is 9.88 Å². The number of hydrogen-bond acceptors (Lipinski definition) is 2. The van der Waals surface area contributed by atoms with Crippen LogP contribution in [-0.4, -0.2) is 23.0 Å². The number of pyridine rings is 1. The third kappa shape index (κ3) is 4.28. The molecule has 0 N–H and O–H groups in total. The molecule has 2 nitrogen and oxygen atoms in total.